The van der Waals surface area contributed by atoms with Gasteiger partial charge < -0.3 is 9.80 Å². The maximum absolute atomic E-state index is 14.0. The number of anilines is 1. The lowest BCUT2D eigenvalue weighted by Crippen LogP contribution is -2.58. The highest BCUT2D eigenvalue weighted by molar-refractivity contribution is 6.31. The summed E-state index contributed by atoms with van der Waals surface area (Å²) in [4.78, 5) is 27.9. The van der Waals surface area contributed by atoms with Crippen molar-refractivity contribution in [1.82, 2.24) is 4.90 Å². The normalized spacial score (nSPS) is 17.8. The molecule has 2 aromatic carbocycles. The van der Waals surface area contributed by atoms with Gasteiger partial charge in [0.2, 0.25) is 5.91 Å². The molecule has 4 nitrogen and oxygen atoms in total. The number of hydrogen-bond acceptors (Lipinski definition) is 2. The largest absolute Gasteiger partial charge is 0.325 e. The van der Waals surface area contributed by atoms with Crippen LogP contribution in [0.1, 0.15) is 17.3 Å². The van der Waals surface area contributed by atoms with Gasteiger partial charge in [-0.1, -0.05) is 17.7 Å². The van der Waals surface area contributed by atoms with Crippen molar-refractivity contribution in [3.63, 3.8) is 0 Å². The van der Waals surface area contributed by atoms with Crippen molar-refractivity contribution >= 4 is 29.1 Å². The molecule has 0 aliphatic carbocycles. The van der Waals surface area contributed by atoms with Gasteiger partial charge in [0.1, 0.15) is 17.7 Å². The second-order valence-corrected chi connectivity index (χ2v) is 6.21. The minimum Gasteiger partial charge on any atom is -0.325 e. The number of hydrogen-bond donors (Lipinski definition) is 0. The quantitative estimate of drug-likeness (QED) is 0.818. The number of carbonyl (C=O) groups is 2. The van der Waals surface area contributed by atoms with Gasteiger partial charge in [0.05, 0.1) is 5.69 Å². The molecular formula is C18H15ClF2N2O2. The van der Waals surface area contributed by atoms with Crippen molar-refractivity contribution in [2.75, 3.05) is 18.0 Å². The predicted molar refractivity (Wildman–Crippen MR) is 90.7 cm³/mol. The second-order valence-electron chi connectivity index (χ2n) is 5.77. The van der Waals surface area contributed by atoms with Gasteiger partial charge in [-0.3, -0.25) is 9.59 Å². The van der Waals surface area contributed by atoms with Crippen LogP contribution in [0.15, 0.2) is 42.5 Å². The molecule has 0 spiro atoms. The van der Waals surface area contributed by atoms with Crippen LogP contribution >= 0.6 is 11.6 Å². The summed E-state index contributed by atoms with van der Waals surface area (Å²) < 4.78 is 27.0. The Morgan fingerprint density at radius 3 is 2.60 bits per heavy atom. The fourth-order valence-corrected chi connectivity index (χ4v) is 3.06. The monoisotopic (exact) mass is 364 g/mol. The molecule has 3 rings (SSSR count). The van der Waals surface area contributed by atoms with Crippen molar-refractivity contribution in [3.8, 4) is 0 Å². The van der Waals surface area contributed by atoms with Crippen molar-refractivity contribution in [2.24, 2.45) is 0 Å². The first kappa shape index (κ1) is 17.4. The number of nitrogens with zero attached hydrogens (tertiary/aromatic N) is 2. The van der Waals surface area contributed by atoms with E-state index in [4.69, 9.17) is 11.6 Å². The summed E-state index contributed by atoms with van der Waals surface area (Å²) >= 11 is 5.91. The Balaban J connectivity index is 1.83. The van der Waals surface area contributed by atoms with Crippen LogP contribution in [0.5, 0.6) is 0 Å². The molecule has 0 bridgehead atoms. The number of amides is 2. The van der Waals surface area contributed by atoms with E-state index in [-0.39, 0.29) is 24.7 Å². The molecule has 1 aliphatic rings. The van der Waals surface area contributed by atoms with Crippen LogP contribution in [0.2, 0.25) is 5.02 Å². The lowest BCUT2D eigenvalue weighted by Gasteiger charge is -2.39. The van der Waals surface area contributed by atoms with Crippen LogP contribution in [0.25, 0.3) is 0 Å². The maximum atomic E-state index is 14.0. The fourth-order valence-electron chi connectivity index (χ4n) is 2.87. The average molecular weight is 365 g/mol. The van der Waals surface area contributed by atoms with Gasteiger partial charge in [-0.15, -0.1) is 0 Å². The molecule has 1 fully saturated rings. The van der Waals surface area contributed by atoms with Gasteiger partial charge in [0.25, 0.3) is 5.91 Å². The highest BCUT2D eigenvalue weighted by atomic mass is 35.5. The van der Waals surface area contributed by atoms with Crippen molar-refractivity contribution in [2.45, 2.75) is 13.0 Å². The van der Waals surface area contributed by atoms with Gasteiger partial charge >= 0.3 is 0 Å². The molecule has 1 heterocycles. The summed E-state index contributed by atoms with van der Waals surface area (Å²) in [5, 5.41) is 0.428. The third kappa shape index (κ3) is 3.35. The van der Waals surface area contributed by atoms with E-state index in [0.29, 0.717) is 10.6 Å². The van der Waals surface area contributed by atoms with Crippen LogP contribution in [-0.2, 0) is 4.79 Å². The van der Waals surface area contributed by atoms with E-state index in [1.165, 1.54) is 21.9 Å². The van der Waals surface area contributed by atoms with E-state index in [1.807, 2.05) is 0 Å². The zero-order valence-electron chi connectivity index (χ0n) is 13.4. The molecule has 0 saturated carbocycles. The molecular weight excluding hydrogens is 350 g/mol. The lowest BCUT2D eigenvalue weighted by atomic mass is 10.1. The van der Waals surface area contributed by atoms with Crippen LogP contribution < -0.4 is 4.90 Å². The van der Waals surface area contributed by atoms with Gasteiger partial charge in [0, 0.05) is 29.7 Å². The van der Waals surface area contributed by atoms with Gasteiger partial charge in [-0.05, 0) is 37.3 Å². The summed E-state index contributed by atoms with van der Waals surface area (Å²) in [6.45, 7) is 1.94. The summed E-state index contributed by atoms with van der Waals surface area (Å²) in [5.74, 6) is -2.26. The molecule has 1 saturated heterocycles. The first-order valence-electron chi connectivity index (χ1n) is 7.71. The Morgan fingerprint density at radius 2 is 1.92 bits per heavy atom. The number of piperazine rings is 1. The molecule has 0 aromatic heterocycles. The smallest absolute Gasteiger partial charge is 0.254 e. The van der Waals surface area contributed by atoms with Crippen molar-refractivity contribution < 1.29 is 18.4 Å². The van der Waals surface area contributed by atoms with E-state index in [1.54, 1.807) is 25.1 Å². The summed E-state index contributed by atoms with van der Waals surface area (Å²) in [6.07, 6.45) is 0. The molecule has 2 aromatic rings. The summed E-state index contributed by atoms with van der Waals surface area (Å²) in [6, 6.07) is 8.75. The van der Waals surface area contributed by atoms with Crippen molar-refractivity contribution in [3.05, 3.63) is 64.7 Å². The van der Waals surface area contributed by atoms with Gasteiger partial charge in [-0.2, -0.15) is 0 Å². The molecule has 2 amide bonds. The van der Waals surface area contributed by atoms with Crippen LogP contribution in [-0.4, -0.2) is 35.8 Å². The Hall–Kier alpha value is -2.47. The maximum Gasteiger partial charge on any atom is 0.254 e. The minimum absolute atomic E-state index is 0.00750. The third-order valence-corrected chi connectivity index (χ3v) is 4.42. The average Bonchev–Trinajstić information content (AvgIpc) is 2.57. The van der Waals surface area contributed by atoms with Crippen molar-refractivity contribution in [1.29, 1.82) is 0 Å². The molecule has 0 radical (unpaired) electrons. The second kappa shape index (κ2) is 6.80. The van der Waals surface area contributed by atoms with E-state index >= 15 is 0 Å². The minimum atomic E-state index is -0.810. The standard InChI is InChI=1S/C18H15ClF2N2O2/c1-11-17(24)23(16-6-5-14(20)10-15(16)21)8-7-22(11)18(25)12-3-2-4-13(19)9-12/h2-6,9-11H,7-8H2,1H3/t11-/m0/s1. The molecule has 0 N–H and O–H groups in total. The first-order valence-corrected chi connectivity index (χ1v) is 8.09. The summed E-state index contributed by atoms with van der Waals surface area (Å²) in [7, 11) is 0. The molecule has 1 aliphatic heterocycles. The van der Waals surface area contributed by atoms with Gasteiger partial charge in [-0.25, -0.2) is 8.78 Å². The van der Waals surface area contributed by atoms with E-state index in [2.05, 4.69) is 0 Å². The zero-order chi connectivity index (χ0) is 18.1. The predicted octanol–water partition coefficient (Wildman–Crippen LogP) is 3.50. The Morgan fingerprint density at radius 1 is 1.16 bits per heavy atom. The van der Waals surface area contributed by atoms with Crippen LogP contribution in [0.4, 0.5) is 14.5 Å². The topological polar surface area (TPSA) is 40.6 Å². The third-order valence-electron chi connectivity index (χ3n) is 4.19. The van der Waals surface area contributed by atoms with Crippen LogP contribution in [0.3, 0.4) is 0 Å². The summed E-state index contributed by atoms with van der Waals surface area (Å²) in [5.41, 5.74) is 0.390. The van der Waals surface area contributed by atoms with Crippen LogP contribution in [0, 0.1) is 11.6 Å². The molecule has 1 atom stereocenters. The number of benzene rings is 2. The Bertz CT molecular complexity index is 844. The lowest BCUT2D eigenvalue weighted by molar-refractivity contribution is -0.124. The Kier molecular flexibility index (Phi) is 4.72. The first-order chi connectivity index (χ1) is 11.9. The number of rotatable bonds is 2. The number of carbonyl (C=O) groups excluding carboxylic acids is 2. The SMILES string of the molecule is C[C@H]1C(=O)N(c2ccc(F)cc2F)CCN1C(=O)c1cccc(Cl)c1. The highest BCUT2D eigenvalue weighted by Gasteiger charge is 2.36. The fraction of sp³-hybridized carbons (Fsp3) is 0.222. The molecule has 7 heteroatoms. The van der Waals surface area contributed by atoms with E-state index < -0.39 is 23.6 Å². The van der Waals surface area contributed by atoms with E-state index in [9.17, 15) is 18.4 Å². The van der Waals surface area contributed by atoms with Gasteiger partial charge in [0.15, 0.2) is 0 Å². The van der Waals surface area contributed by atoms with E-state index in [0.717, 1.165) is 12.1 Å². The Labute approximate surface area is 148 Å². The molecule has 0 unspecified atom stereocenters. The molecule has 25 heavy (non-hydrogen) atoms. The number of halogens is 3. The molecule has 130 valence electrons. The highest BCUT2D eigenvalue weighted by Crippen LogP contribution is 2.25. The zero-order valence-corrected chi connectivity index (χ0v) is 14.1.